The highest BCUT2D eigenvalue weighted by Gasteiger charge is 2.28. The van der Waals surface area contributed by atoms with Gasteiger partial charge in [0.05, 0.1) is 13.1 Å². The zero-order chi connectivity index (χ0) is 21.0. The van der Waals surface area contributed by atoms with E-state index in [1.165, 1.54) is 6.92 Å². The molecular formula is C21H21N3O5. The van der Waals surface area contributed by atoms with E-state index in [0.717, 1.165) is 4.90 Å². The molecule has 1 fully saturated rings. The van der Waals surface area contributed by atoms with Crippen molar-refractivity contribution in [3.63, 3.8) is 0 Å². The Morgan fingerprint density at radius 1 is 1.17 bits per heavy atom. The number of carbonyl (C=O) groups excluding carboxylic acids is 4. The molecule has 2 N–H and O–H groups in total. The Hall–Kier alpha value is -3.68. The molecule has 0 bridgehead atoms. The van der Waals surface area contributed by atoms with Gasteiger partial charge in [0.25, 0.3) is 5.91 Å². The third-order valence-electron chi connectivity index (χ3n) is 4.39. The van der Waals surface area contributed by atoms with Crippen LogP contribution in [0.1, 0.15) is 29.8 Å². The SMILES string of the molecule is CC(=O)c1cccc(OC(C)C(=O)Nc2cccc(CN3C(=O)CNC3=O)c2)c1. The fourth-order valence-corrected chi connectivity index (χ4v) is 2.84. The van der Waals surface area contributed by atoms with Gasteiger partial charge in [-0.1, -0.05) is 24.3 Å². The molecule has 2 aromatic rings. The number of rotatable bonds is 7. The second kappa shape index (κ2) is 8.55. The van der Waals surface area contributed by atoms with Crippen LogP contribution in [-0.4, -0.2) is 41.2 Å². The molecule has 150 valence electrons. The Kier molecular flexibility index (Phi) is 5.92. The van der Waals surface area contributed by atoms with Crippen molar-refractivity contribution in [2.24, 2.45) is 0 Å². The van der Waals surface area contributed by atoms with Gasteiger partial charge in [0.2, 0.25) is 5.91 Å². The van der Waals surface area contributed by atoms with Gasteiger partial charge in [-0.15, -0.1) is 0 Å². The molecule has 1 aliphatic rings. The highest BCUT2D eigenvalue weighted by atomic mass is 16.5. The van der Waals surface area contributed by atoms with Crippen LogP contribution in [0, 0.1) is 0 Å². The average molecular weight is 395 g/mol. The molecule has 1 aliphatic heterocycles. The van der Waals surface area contributed by atoms with E-state index < -0.39 is 12.1 Å². The minimum Gasteiger partial charge on any atom is -0.481 e. The van der Waals surface area contributed by atoms with E-state index in [2.05, 4.69) is 10.6 Å². The largest absolute Gasteiger partial charge is 0.481 e. The lowest BCUT2D eigenvalue weighted by Crippen LogP contribution is -2.31. The predicted molar refractivity (Wildman–Crippen MR) is 106 cm³/mol. The first-order valence-corrected chi connectivity index (χ1v) is 9.09. The lowest BCUT2D eigenvalue weighted by molar-refractivity contribution is -0.125. The summed E-state index contributed by atoms with van der Waals surface area (Å²) in [4.78, 5) is 48.4. The third-order valence-corrected chi connectivity index (χ3v) is 4.39. The zero-order valence-electron chi connectivity index (χ0n) is 16.1. The van der Waals surface area contributed by atoms with E-state index >= 15 is 0 Å². The van der Waals surface area contributed by atoms with Gasteiger partial charge < -0.3 is 15.4 Å². The Labute approximate surface area is 167 Å². The number of hydrogen-bond acceptors (Lipinski definition) is 5. The van der Waals surface area contributed by atoms with E-state index in [0.29, 0.717) is 22.6 Å². The van der Waals surface area contributed by atoms with Gasteiger partial charge in [0.1, 0.15) is 5.75 Å². The minimum absolute atomic E-state index is 0.00502. The van der Waals surface area contributed by atoms with Crippen molar-refractivity contribution in [1.29, 1.82) is 0 Å². The van der Waals surface area contributed by atoms with Gasteiger partial charge in [-0.3, -0.25) is 19.3 Å². The first kappa shape index (κ1) is 20.1. The Morgan fingerprint density at radius 2 is 1.93 bits per heavy atom. The van der Waals surface area contributed by atoms with Crippen molar-refractivity contribution in [2.45, 2.75) is 26.5 Å². The quantitative estimate of drug-likeness (QED) is 0.553. The van der Waals surface area contributed by atoms with Gasteiger partial charge in [-0.05, 0) is 43.7 Å². The van der Waals surface area contributed by atoms with Crippen molar-refractivity contribution >= 4 is 29.3 Å². The summed E-state index contributed by atoms with van der Waals surface area (Å²) in [6.45, 7) is 3.18. The maximum absolute atomic E-state index is 12.5. The van der Waals surface area contributed by atoms with E-state index in [-0.39, 0.29) is 30.7 Å². The molecule has 1 heterocycles. The fourth-order valence-electron chi connectivity index (χ4n) is 2.84. The van der Waals surface area contributed by atoms with Gasteiger partial charge in [-0.2, -0.15) is 0 Å². The minimum atomic E-state index is -0.799. The summed E-state index contributed by atoms with van der Waals surface area (Å²) in [5, 5.41) is 5.22. The molecule has 1 unspecified atom stereocenters. The summed E-state index contributed by atoms with van der Waals surface area (Å²) in [6.07, 6.45) is -0.799. The van der Waals surface area contributed by atoms with E-state index in [1.807, 2.05) is 0 Å². The number of carbonyl (C=O) groups is 4. The number of nitrogens with zero attached hydrogens (tertiary/aromatic N) is 1. The van der Waals surface area contributed by atoms with Crippen molar-refractivity contribution < 1.29 is 23.9 Å². The molecule has 8 heteroatoms. The second-order valence-electron chi connectivity index (χ2n) is 6.67. The summed E-state index contributed by atoms with van der Waals surface area (Å²) in [5.74, 6) is -0.327. The number of ketones is 1. The molecule has 3 rings (SSSR count). The van der Waals surface area contributed by atoms with E-state index in [4.69, 9.17) is 4.74 Å². The van der Waals surface area contributed by atoms with Gasteiger partial charge in [0, 0.05) is 11.3 Å². The highest BCUT2D eigenvalue weighted by Crippen LogP contribution is 2.18. The molecule has 0 spiro atoms. The summed E-state index contributed by atoms with van der Waals surface area (Å²) in [6, 6.07) is 13.1. The van der Waals surface area contributed by atoms with Crippen LogP contribution in [0.2, 0.25) is 0 Å². The number of anilines is 1. The summed E-state index contributed by atoms with van der Waals surface area (Å²) < 4.78 is 5.64. The Morgan fingerprint density at radius 3 is 2.62 bits per heavy atom. The first-order chi connectivity index (χ1) is 13.8. The normalized spacial score (nSPS) is 14.3. The topological polar surface area (TPSA) is 105 Å². The van der Waals surface area contributed by atoms with Crippen LogP contribution >= 0.6 is 0 Å². The average Bonchev–Trinajstić information content (AvgIpc) is 3.00. The molecule has 1 atom stereocenters. The molecule has 4 amide bonds. The predicted octanol–water partition coefficient (Wildman–Crippen LogP) is 2.35. The lowest BCUT2D eigenvalue weighted by Gasteiger charge is -2.16. The Balaban J connectivity index is 1.63. The number of Topliss-reactive ketones (excluding diaryl/α,β-unsaturated/α-hetero) is 1. The molecule has 1 saturated heterocycles. The molecule has 0 saturated carbocycles. The summed E-state index contributed by atoms with van der Waals surface area (Å²) >= 11 is 0. The Bertz CT molecular complexity index is 956. The molecule has 8 nitrogen and oxygen atoms in total. The van der Waals surface area contributed by atoms with Crippen molar-refractivity contribution in [3.8, 4) is 5.75 Å². The van der Waals surface area contributed by atoms with Crippen LogP contribution in [0.25, 0.3) is 0 Å². The smallest absolute Gasteiger partial charge is 0.324 e. The van der Waals surface area contributed by atoms with Crippen LogP contribution in [0.4, 0.5) is 10.5 Å². The summed E-state index contributed by atoms with van der Waals surface area (Å²) in [5.41, 5.74) is 1.73. The zero-order valence-corrected chi connectivity index (χ0v) is 16.1. The molecule has 0 aliphatic carbocycles. The summed E-state index contributed by atoms with van der Waals surface area (Å²) in [7, 11) is 0. The lowest BCUT2D eigenvalue weighted by atomic mass is 10.1. The number of hydrogen-bond donors (Lipinski definition) is 2. The molecule has 29 heavy (non-hydrogen) atoms. The van der Waals surface area contributed by atoms with Gasteiger partial charge >= 0.3 is 6.03 Å². The van der Waals surface area contributed by atoms with Crippen molar-refractivity contribution in [1.82, 2.24) is 10.2 Å². The molecular weight excluding hydrogens is 374 g/mol. The third kappa shape index (κ3) is 4.98. The fraction of sp³-hybridized carbons (Fsp3) is 0.238. The first-order valence-electron chi connectivity index (χ1n) is 9.09. The number of imide groups is 1. The molecule has 2 aromatic carbocycles. The second-order valence-corrected chi connectivity index (χ2v) is 6.67. The van der Waals surface area contributed by atoms with Crippen LogP contribution < -0.4 is 15.4 Å². The highest BCUT2D eigenvalue weighted by molar-refractivity contribution is 6.02. The molecule has 0 aromatic heterocycles. The number of benzene rings is 2. The van der Waals surface area contributed by atoms with Crippen LogP contribution in [0.5, 0.6) is 5.75 Å². The van der Waals surface area contributed by atoms with E-state index in [9.17, 15) is 19.2 Å². The van der Waals surface area contributed by atoms with Gasteiger partial charge in [0.15, 0.2) is 11.9 Å². The number of amides is 4. The van der Waals surface area contributed by atoms with Crippen molar-refractivity contribution in [2.75, 3.05) is 11.9 Å². The maximum atomic E-state index is 12.5. The monoisotopic (exact) mass is 395 g/mol. The van der Waals surface area contributed by atoms with Crippen LogP contribution in [-0.2, 0) is 16.1 Å². The van der Waals surface area contributed by atoms with Gasteiger partial charge in [-0.25, -0.2) is 4.79 Å². The number of urea groups is 1. The molecule has 0 radical (unpaired) electrons. The standard InChI is InChI=1S/C21H21N3O5/c1-13(25)16-6-4-8-18(10-16)29-14(2)20(27)23-17-7-3-5-15(9-17)12-24-19(26)11-22-21(24)28/h3-10,14H,11-12H2,1-2H3,(H,22,28)(H,23,27). The van der Waals surface area contributed by atoms with Crippen molar-refractivity contribution in [3.05, 3.63) is 59.7 Å². The van der Waals surface area contributed by atoms with E-state index in [1.54, 1.807) is 55.5 Å². The van der Waals surface area contributed by atoms with Crippen LogP contribution in [0.15, 0.2) is 48.5 Å². The number of nitrogens with one attached hydrogen (secondary N) is 2. The maximum Gasteiger partial charge on any atom is 0.324 e. The number of ether oxygens (including phenoxy) is 1. The van der Waals surface area contributed by atoms with Crippen LogP contribution in [0.3, 0.4) is 0 Å².